The zero-order valence-electron chi connectivity index (χ0n) is 25.3. The number of urea groups is 1. The number of aromatic nitrogens is 3. The molecule has 3 aromatic rings. The Hall–Kier alpha value is -4.66. The average Bonchev–Trinajstić information content (AvgIpc) is 3.79. The van der Waals surface area contributed by atoms with E-state index in [-0.39, 0.29) is 23.7 Å². The number of alkyl halides is 3. The Morgan fingerprint density at radius 2 is 1.60 bits per heavy atom. The molecule has 0 unspecified atom stereocenters. The summed E-state index contributed by atoms with van der Waals surface area (Å²) in [7, 11) is 0. The number of amidine groups is 1. The van der Waals surface area contributed by atoms with Crippen LogP contribution in [-0.4, -0.2) is 81.5 Å². The molecule has 0 spiro atoms. The highest BCUT2D eigenvalue weighted by molar-refractivity contribution is 6.30. The molecule has 3 amide bonds. The molecular formula is C31H33ClF3N9O3. The van der Waals surface area contributed by atoms with E-state index in [0.29, 0.717) is 48.3 Å². The first-order chi connectivity index (χ1) is 22.5. The molecule has 2 aliphatic carbocycles. The van der Waals surface area contributed by atoms with Crippen molar-refractivity contribution in [1.29, 1.82) is 0 Å². The summed E-state index contributed by atoms with van der Waals surface area (Å²) < 4.78 is 43.6. The molecule has 2 saturated carbocycles. The second kappa shape index (κ2) is 13.2. The van der Waals surface area contributed by atoms with E-state index in [1.54, 1.807) is 41.3 Å². The van der Waals surface area contributed by atoms with Crippen molar-refractivity contribution in [2.75, 3.05) is 43.4 Å². The number of nitrogens with two attached hydrogens (primary N) is 1. The Labute approximate surface area is 273 Å². The second-order valence-electron chi connectivity index (χ2n) is 11.8. The van der Waals surface area contributed by atoms with Crippen LogP contribution >= 0.6 is 11.6 Å². The third-order valence-corrected chi connectivity index (χ3v) is 8.70. The first-order valence-corrected chi connectivity index (χ1v) is 15.6. The lowest BCUT2D eigenvalue weighted by Gasteiger charge is -2.40. The molecule has 2 aromatic carbocycles. The fourth-order valence-corrected chi connectivity index (χ4v) is 5.75. The molecule has 1 saturated heterocycles. The van der Waals surface area contributed by atoms with Gasteiger partial charge in [-0.1, -0.05) is 30.2 Å². The molecule has 2 heterocycles. The van der Waals surface area contributed by atoms with Crippen molar-refractivity contribution in [2.24, 2.45) is 16.6 Å². The van der Waals surface area contributed by atoms with Gasteiger partial charge in [0.15, 0.2) is 6.61 Å². The minimum atomic E-state index is -4.58. The van der Waals surface area contributed by atoms with Gasteiger partial charge in [-0.2, -0.15) is 33.1 Å². The number of nitrogens with one attached hydrogen (secondary N) is 2. The van der Waals surface area contributed by atoms with Crippen molar-refractivity contribution >= 4 is 47.0 Å². The number of aliphatic imine (C=N–C) groups is 1. The van der Waals surface area contributed by atoms with Gasteiger partial charge >= 0.3 is 18.2 Å². The quantitative estimate of drug-likeness (QED) is 0.202. The molecule has 3 fully saturated rings. The van der Waals surface area contributed by atoms with Crippen molar-refractivity contribution < 1.29 is 27.5 Å². The third kappa shape index (κ3) is 8.02. The standard InChI is InChI=1S/C31H33ClF3N9O3/c32-22-8-6-21(7-9-22)30(12-13-30)42-28-39-27(40-29(41-28)47-18-31(33,34)35)37-23-10-4-20(5-11-23)25(45)44-16-14-43(15-17-44)24(38-26(36)46)19-2-1-3-19/h4-11,19H,1-3,12-18H2,(H2,36,46)(H2,37,39,40,41,42)/b38-24+. The minimum Gasteiger partial charge on any atom is -0.454 e. The number of hydrogen-bond acceptors (Lipinski definition) is 8. The monoisotopic (exact) mass is 671 g/mol. The number of amides is 3. The largest absolute Gasteiger partial charge is 0.454 e. The van der Waals surface area contributed by atoms with Gasteiger partial charge in [-0.25, -0.2) is 4.79 Å². The maximum absolute atomic E-state index is 13.3. The summed E-state index contributed by atoms with van der Waals surface area (Å²) in [5.41, 5.74) is 6.74. The number of benzene rings is 2. The molecule has 6 rings (SSSR count). The van der Waals surface area contributed by atoms with Gasteiger partial charge in [0.1, 0.15) is 5.84 Å². The highest BCUT2D eigenvalue weighted by Crippen LogP contribution is 2.48. The lowest BCUT2D eigenvalue weighted by Crippen LogP contribution is -2.53. The van der Waals surface area contributed by atoms with Crippen LogP contribution in [0, 0.1) is 5.92 Å². The van der Waals surface area contributed by atoms with E-state index < -0.39 is 30.4 Å². The van der Waals surface area contributed by atoms with Crippen LogP contribution in [0.1, 0.15) is 48.0 Å². The molecule has 1 aromatic heterocycles. The lowest BCUT2D eigenvalue weighted by atomic mass is 9.83. The number of halogens is 4. The normalized spacial score (nSPS) is 17.9. The predicted octanol–water partition coefficient (Wildman–Crippen LogP) is 5.35. The van der Waals surface area contributed by atoms with E-state index >= 15 is 0 Å². The van der Waals surface area contributed by atoms with E-state index in [4.69, 9.17) is 22.1 Å². The molecule has 1 aliphatic heterocycles. The van der Waals surface area contributed by atoms with E-state index in [1.165, 1.54) is 0 Å². The highest BCUT2D eigenvalue weighted by Gasteiger charge is 2.45. The number of rotatable bonds is 9. The number of carbonyl (C=O) groups is 2. The summed E-state index contributed by atoms with van der Waals surface area (Å²) in [6.07, 6.45) is -0.0287. The summed E-state index contributed by atoms with van der Waals surface area (Å²) in [4.78, 5) is 45.1. The molecule has 12 nitrogen and oxygen atoms in total. The molecule has 3 aliphatic rings. The number of hydrogen-bond donors (Lipinski definition) is 3. The van der Waals surface area contributed by atoms with Crippen molar-refractivity contribution in [3.8, 4) is 6.01 Å². The SMILES string of the molecule is NC(=O)/N=C(\C1CCC1)N1CCN(C(=O)c2ccc(Nc3nc(NC4(c5ccc(Cl)cc5)CC4)nc(OCC(F)(F)F)n3)cc2)CC1. The Morgan fingerprint density at radius 3 is 2.17 bits per heavy atom. The summed E-state index contributed by atoms with van der Waals surface area (Å²) in [6.45, 7) is 0.442. The van der Waals surface area contributed by atoms with Crippen molar-refractivity contribution in [2.45, 2.75) is 43.8 Å². The molecule has 4 N–H and O–H groups in total. The Morgan fingerprint density at radius 1 is 0.957 bits per heavy atom. The Balaban J connectivity index is 1.12. The molecule has 0 bridgehead atoms. The maximum Gasteiger partial charge on any atom is 0.422 e. The molecule has 0 atom stereocenters. The van der Waals surface area contributed by atoms with Gasteiger partial charge in [0.05, 0.1) is 5.54 Å². The van der Waals surface area contributed by atoms with E-state index in [1.807, 2.05) is 17.0 Å². The maximum atomic E-state index is 13.3. The summed E-state index contributed by atoms with van der Waals surface area (Å²) in [6, 6.07) is 12.7. The number of nitrogens with zero attached hydrogens (tertiary/aromatic N) is 6. The summed E-state index contributed by atoms with van der Waals surface area (Å²) >= 11 is 6.03. The van der Waals surface area contributed by atoms with Crippen molar-refractivity contribution in [1.82, 2.24) is 24.8 Å². The predicted molar refractivity (Wildman–Crippen MR) is 169 cm³/mol. The van der Waals surface area contributed by atoms with Crippen LogP contribution in [0.5, 0.6) is 6.01 Å². The van der Waals surface area contributed by atoms with Crippen molar-refractivity contribution in [3.05, 3.63) is 64.7 Å². The fourth-order valence-electron chi connectivity index (χ4n) is 5.62. The second-order valence-corrected chi connectivity index (χ2v) is 12.2. The van der Waals surface area contributed by atoms with E-state index in [2.05, 4.69) is 30.6 Å². The first kappa shape index (κ1) is 32.3. The molecule has 248 valence electrons. The van der Waals surface area contributed by atoms with Gasteiger partial charge in [-0.3, -0.25) is 4.79 Å². The van der Waals surface area contributed by atoms with Crippen molar-refractivity contribution in [3.63, 3.8) is 0 Å². The smallest absolute Gasteiger partial charge is 0.422 e. The van der Waals surface area contributed by atoms with Gasteiger partial charge in [-0.15, -0.1) is 0 Å². The van der Waals surface area contributed by atoms with E-state index in [0.717, 1.165) is 37.7 Å². The zero-order valence-corrected chi connectivity index (χ0v) is 26.0. The van der Waals surface area contributed by atoms with Crippen LogP contribution in [0.25, 0.3) is 0 Å². The first-order valence-electron chi connectivity index (χ1n) is 15.3. The summed E-state index contributed by atoms with van der Waals surface area (Å²) in [5.74, 6) is 0.791. The van der Waals surface area contributed by atoms with Crippen LogP contribution in [0.15, 0.2) is 53.5 Å². The van der Waals surface area contributed by atoms with Crippen LogP contribution < -0.4 is 21.1 Å². The fraction of sp³-hybridized carbons (Fsp3) is 0.419. The van der Waals surface area contributed by atoms with E-state index in [9.17, 15) is 22.8 Å². The van der Waals surface area contributed by atoms with Crippen LogP contribution in [0.4, 0.5) is 35.5 Å². The Kier molecular flexibility index (Phi) is 9.08. The van der Waals surface area contributed by atoms with Crippen LogP contribution in [-0.2, 0) is 5.54 Å². The van der Waals surface area contributed by atoms with Gasteiger partial charge < -0.3 is 30.9 Å². The van der Waals surface area contributed by atoms with Gasteiger partial charge in [0.25, 0.3) is 5.91 Å². The highest BCUT2D eigenvalue weighted by atomic mass is 35.5. The van der Waals surface area contributed by atoms with Gasteiger partial charge in [0, 0.05) is 48.4 Å². The number of anilines is 3. The zero-order chi connectivity index (χ0) is 33.2. The molecule has 47 heavy (non-hydrogen) atoms. The third-order valence-electron chi connectivity index (χ3n) is 8.45. The van der Waals surface area contributed by atoms with Crippen LogP contribution in [0.2, 0.25) is 5.02 Å². The molecule has 0 radical (unpaired) electrons. The summed E-state index contributed by atoms with van der Waals surface area (Å²) in [5, 5.41) is 6.79. The molecule has 16 heteroatoms. The number of piperazine rings is 1. The van der Waals surface area contributed by atoms with Crippen LogP contribution in [0.3, 0.4) is 0 Å². The number of primary amides is 1. The lowest BCUT2D eigenvalue weighted by molar-refractivity contribution is -0.154. The van der Waals surface area contributed by atoms with Gasteiger partial charge in [0.2, 0.25) is 11.9 Å². The Bertz CT molecular complexity index is 1640. The molecular weight excluding hydrogens is 639 g/mol. The number of carbonyl (C=O) groups excluding carboxylic acids is 2. The minimum absolute atomic E-state index is 0.0401. The topological polar surface area (TPSA) is 151 Å². The number of ether oxygens (including phenoxy) is 1. The average molecular weight is 672 g/mol. The van der Waals surface area contributed by atoms with Gasteiger partial charge in [-0.05, 0) is 67.6 Å².